The van der Waals surface area contributed by atoms with Crippen molar-refractivity contribution < 1.29 is 4.52 Å². The van der Waals surface area contributed by atoms with E-state index in [9.17, 15) is 0 Å². The van der Waals surface area contributed by atoms with E-state index in [1.54, 1.807) is 0 Å². The van der Waals surface area contributed by atoms with E-state index in [0.29, 0.717) is 17.6 Å². The third-order valence-electron chi connectivity index (χ3n) is 2.98. The van der Waals surface area contributed by atoms with E-state index in [0.717, 1.165) is 18.4 Å². The van der Waals surface area contributed by atoms with Crippen molar-refractivity contribution in [3.05, 3.63) is 35.7 Å². The van der Waals surface area contributed by atoms with Crippen LogP contribution in [0.15, 0.2) is 28.8 Å². The van der Waals surface area contributed by atoms with Gasteiger partial charge in [-0.2, -0.15) is 4.98 Å². The highest BCUT2D eigenvalue weighted by Gasteiger charge is 2.17. The average Bonchev–Trinajstić information content (AvgIpc) is 2.74. The van der Waals surface area contributed by atoms with Crippen molar-refractivity contribution in [1.29, 1.82) is 0 Å². The fourth-order valence-corrected chi connectivity index (χ4v) is 2.21. The van der Waals surface area contributed by atoms with Gasteiger partial charge in [-0.25, -0.2) is 0 Å². The SMILES string of the molecule is CC(C)Cc1cccc(-c2noc(CC(C)(C)C)n2)c1. The van der Waals surface area contributed by atoms with Crippen LogP contribution in [0.5, 0.6) is 0 Å². The van der Waals surface area contributed by atoms with Crippen molar-refractivity contribution >= 4 is 0 Å². The Morgan fingerprint density at radius 3 is 2.60 bits per heavy atom. The third-order valence-corrected chi connectivity index (χ3v) is 2.98. The minimum atomic E-state index is 0.156. The summed E-state index contributed by atoms with van der Waals surface area (Å²) in [6.07, 6.45) is 1.87. The molecule has 20 heavy (non-hydrogen) atoms. The molecule has 0 aliphatic carbocycles. The van der Waals surface area contributed by atoms with Crippen LogP contribution in [-0.4, -0.2) is 10.1 Å². The second-order valence-electron chi connectivity index (χ2n) is 7.05. The first-order valence-corrected chi connectivity index (χ1v) is 7.25. The smallest absolute Gasteiger partial charge is 0.227 e. The lowest BCUT2D eigenvalue weighted by molar-refractivity contribution is 0.314. The van der Waals surface area contributed by atoms with E-state index in [2.05, 4.69) is 63.0 Å². The maximum absolute atomic E-state index is 5.35. The van der Waals surface area contributed by atoms with Gasteiger partial charge in [0.2, 0.25) is 11.7 Å². The Hall–Kier alpha value is -1.64. The minimum absolute atomic E-state index is 0.156. The Morgan fingerprint density at radius 2 is 1.95 bits per heavy atom. The Labute approximate surface area is 121 Å². The lowest BCUT2D eigenvalue weighted by Gasteiger charge is -2.13. The van der Waals surface area contributed by atoms with Crippen molar-refractivity contribution in [2.45, 2.75) is 47.5 Å². The van der Waals surface area contributed by atoms with Crippen molar-refractivity contribution in [2.24, 2.45) is 11.3 Å². The van der Waals surface area contributed by atoms with Gasteiger partial charge in [0.05, 0.1) is 0 Å². The van der Waals surface area contributed by atoms with Gasteiger partial charge in [0.25, 0.3) is 0 Å². The molecule has 2 rings (SSSR count). The molecule has 0 unspecified atom stereocenters. The largest absolute Gasteiger partial charge is 0.339 e. The van der Waals surface area contributed by atoms with Gasteiger partial charge in [0.1, 0.15) is 0 Å². The fraction of sp³-hybridized carbons (Fsp3) is 0.529. The maximum Gasteiger partial charge on any atom is 0.227 e. The van der Waals surface area contributed by atoms with Crippen LogP contribution >= 0.6 is 0 Å². The van der Waals surface area contributed by atoms with Crippen LogP contribution in [0.1, 0.15) is 46.1 Å². The topological polar surface area (TPSA) is 38.9 Å². The van der Waals surface area contributed by atoms with E-state index in [4.69, 9.17) is 4.52 Å². The number of hydrogen-bond acceptors (Lipinski definition) is 3. The first-order chi connectivity index (χ1) is 9.33. The summed E-state index contributed by atoms with van der Waals surface area (Å²) < 4.78 is 5.35. The van der Waals surface area contributed by atoms with Crippen LogP contribution in [0.25, 0.3) is 11.4 Å². The minimum Gasteiger partial charge on any atom is -0.339 e. The Morgan fingerprint density at radius 1 is 1.20 bits per heavy atom. The zero-order valence-corrected chi connectivity index (χ0v) is 13.1. The normalized spacial score (nSPS) is 12.1. The van der Waals surface area contributed by atoms with Crippen LogP contribution in [0.2, 0.25) is 0 Å². The summed E-state index contributed by atoms with van der Waals surface area (Å²) >= 11 is 0. The molecule has 2 aromatic rings. The third kappa shape index (κ3) is 4.19. The molecule has 0 saturated heterocycles. The molecule has 1 aromatic carbocycles. The van der Waals surface area contributed by atoms with Gasteiger partial charge < -0.3 is 4.52 Å². The number of rotatable bonds is 4. The quantitative estimate of drug-likeness (QED) is 0.821. The first-order valence-electron chi connectivity index (χ1n) is 7.25. The molecule has 0 amide bonds. The lowest BCUT2D eigenvalue weighted by Crippen LogP contribution is -2.09. The number of hydrogen-bond donors (Lipinski definition) is 0. The summed E-state index contributed by atoms with van der Waals surface area (Å²) in [4.78, 5) is 4.51. The summed E-state index contributed by atoms with van der Waals surface area (Å²) in [7, 11) is 0. The highest BCUT2D eigenvalue weighted by Crippen LogP contribution is 2.23. The number of nitrogens with zero attached hydrogens (tertiary/aromatic N) is 2. The van der Waals surface area contributed by atoms with E-state index in [1.807, 2.05) is 6.07 Å². The Balaban J connectivity index is 2.19. The standard InChI is InChI=1S/C17H24N2O/c1-12(2)9-13-7-6-8-14(10-13)16-18-15(20-19-16)11-17(3,4)5/h6-8,10,12H,9,11H2,1-5H3. The van der Waals surface area contributed by atoms with Crippen LogP contribution in [-0.2, 0) is 12.8 Å². The summed E-state index contributed by atoms with van der Waals surface area (Å²) in [5.41, 5.74) is 2.51. The molecule has 0 atom stereocenters. The van der Waals surface area contributed by atoms with Crippen molar-refractivity contribution in [1.82, 2.24) is 10.1 Å². The molecule has 108 valence electrons. The molecular weight excluding hydrogens is 248 g/mol. The lowest BCUT2D eigenvalue weighted by atomic mass is 9.92. The summed E-state index contributed by atoms with van der Waals surface area (Å²) in [6, 6.07) is 8.41. The molecule has 3 heteroatoms. The van der Waals surface area contributed by atoms with Gasteiger partial charge in [-0.05, 0) is 29.4 Å². The van der Waals surface area contributed by atoms with Crippen LogP contribution in [0, 0.1) is 11.3 Å². The molecular formula is C17H24N2O. The van der Waals surface area contributed by atoms with E-state index in [1.165, 1.54) is 5.56 Å². The molecule has 0 bridgehead atoms. The fourth-order valence-electron chi connectivity index (χ4n) is 2.21. The zero-order chi connectivity index (χ0) is 14.8. The highest BCUT2D eigenvalue weighted by atomic mass is 16.5. The summed E-state index contributed by atoms with van der Waals surface area (Å²) in [5, 5.41) is 4.10. The van der Waals surface area contributed by atoms with Gasteiger partial charge in [0, 0.05) is 12.0 Å². The number of benzene rings is 1. The molecule has 0 radical (unpaired) electrons. The van der Waals surface area contributed by atoms with E-state index >= 15 is 0 Å². The molecule has 3 nitrogen and oxygen atoms in total. The van der Waals surface area contributed by atoms with E-state index < -0.39 is 0 Å². The monoisotopic (exact) mass is 272 g/mol. The Kier molecular flexibility index (Phi) is 4.26. The van der Waals surface area contributed by atoms with Crippen LogP contribution in [0.3, 0.4) is 0 Å². The van der Waals surface area contributed by atoms with Gasteiger partial charge in [-0.15, -0.1) is 0 Å². The second kappa shape index (κ2) is 5.78. The van der Waals surface area contributed by atoms with Crippen LogP contribution < -0.4 is 0 Å². The molecule has 0 saturated carbocycles. The molecule has 1 aromatic heterocycles. The highest BCUT2D eigenvalue weighted by molar-refractivity contribution is 5.55. The van der Waals surface area contributed by atoms with Crippen molar-refractivity contribution in [2.75, 3.05) is 0 Å². The molecule has 0 fully saturated rings. The molecule has 1 heterocycles. The summed E-state index contributed by atoms with van der Waals surface area (Å²) in [6.45, 7) is 10.9. The van der Waals surface area contributed by atoms with Crippen LogP contribution in [0.4, 0.5) is 0 Å². The number of aromatic nitrogens is 2. The van der Waals surface area contributed by atoms with Gasteiger partial charge in [-0.3, -0.25) is 0 Å². The van der Waals surface area contributed by atoms with Gasteiger partial charge in [0.15, 0.2) is 0 Å². The molecule has 0 N–H and O–H groups in total. The average molecular weight is 272 g/mol. The van der Waals surface area contributed by atoms with Gasteiger partial charge >= 0.3 is 0 Å². The first kappa shape index (κ1) is 14.8. The van der Waals surface area contributed by atoms with Crippen molar-refractivity contribution in [3.8, 4) is 11.4 Å². The van der Waals surface area contributed by atoms with Gasteiger partial charge in [-0.1, -0.05) is 58.0 Å². The molecule has 0 aliphatic rings. The second-order valence-corrected chi connectivity index (χ2v) is 7.05. The summed E-state index contributed by atoms with van der Waals surface area (Å²) in [5.74, 6) is 2.04. The van der Waals surface area contributed by atoms with E-state index in [-0.39, 0.29) is 5.41 Å². The van der Waals surface area contributed by atoms with Crippen molar-refractivity contribution in [3.63, 3.8) is 0 Å². The molecule has 0 spiro atoms. The molecule has 0 aliphatic heterocycles. The predicted octanol–water partition coefficient (Wildman–Crippen LogP) is 4.52. The predicted molar refractivity (Wildman–Crippen MR) is 81.4 cm³/mol. The Bertz CT molecular complexity index is 564. The zero-order valence-electron chi connectivity index (χ0n) is 13.1. The maximum atomic E-state index is 5.35.